The van der Waals surface area contributed by atoms with Gasteiger partial charge in [0.25, 0.3) is 0 Å². The van der Waals surface area contributed by atoms with Crippen LogP contribution in [0.4, 0.5) is 10.1 Å². The van der Waals surface area contributed by atoms with Gasteiger partial charge in [-0.15, -0.1) is 0 Å². The Labute approximate surface area is 119 Å². The van der Waals surface area contributed by atoms with Gasteiger partial charge in [-0.1, -0.05) is 20.8 Å². The Bertz CT molecular complexity index is 632. The molecule has 20 heavy (non-hydrogen) atoms. The maximum atomic E-state index is 14.0. The van der Waals surface area contributed by atoms with Gasteiger partial charge in [0.05, 0.1) is 12.1 Å². The third kappa shape index (κ3) is 2.69. The number of rotatable bonds is 3. The number of hydrogen-bond acceptors (Lipinski definition) is 3. The molecular formula is C16H21FN2O. The number of pyridine rings is 1. The first-order valence-corrected chi connectivity index (χ1v) is 6.82. The molecule has 3 nitrogen and oxygen atoms in total. The minimum absolute atomic E-state index is 0.0884. The summed E-state index contributed by atoms with van der Waals surface area (Å²) in [6.45, 7) is 8.54. The van der Waals surface area contributed by atoms with E-state index in [-0.39, 0.29) is 17.0 Å². The standard InChI is InChI=1S/C16H21FN2O/c1-6-20-14-7-10-12(18-5)9-15(16(2,3)4)19-13(10)8-11(14)17/h7-9H,6H2,1-5H3,(H,18,19). The molecule has 0 fully saturated rings. The summed E-state index contributed by atoms with van der Waals surface area (Å²) in [6, 6.07) is 5.16. The molecule has 0 aliphatic rings. The highest BCUT2D eigenvalue weighted by Gasteiger charge is 2.19. The third-order valence-corrected chi connectivity index (χ3v) is 3.20. The van der Waals surface area contributed by atoms with Crippen molar-refractivity contribution in [1.29, 1.82) is 0 Å². The maximum absolute atomic E-state index is 14.0. The van der Waals surface area contributed by atoms with Crippen LogP contribution >= 0.6 is 0 Å². The van der Waals surface area contributed by atoms with E-state index in [9.17, 15) is 4.39 Å². The summed E-state index contributed by atoms with van der Waals surface area (Å²) >= 11 is 0. The van der Waals surface area contributed by atoms with Gasteiger partial charge in [-0.3, -0.25) is 4.98 Å². The van der Waals surface area contributed by atoms with Gasteiger partial charge < -0.3 is 10.1 Å². The summed E-state index contributed by atoms with van der Waals surface area (Å²) < 4.78 is 19.3. The first-order valence-electron chi connectivity index (χ1n) is 6.82. The van der Waals surface area contributed by atoms with Gasteiger partial charge in [0.2, 0.25) is 0 Å². The van der Waals surface area contributed by atoms with Gasteiger partial charge in [-0.25, -0.2) is 4.39 Å². The summed E-state index contributed by atoms with van der Waals surface area (Å²) in [5.41, 5.74) is 2.41. The predicted octanol–water partition coefficient (Wildman–Crippen LogP) is 4.11. The zero-order valence-electron chi connectivity index (χ0n) is 12.7. The molecule has 1 N–H and O–H groups in total. The molecule has 0 bridgehead atoms. The van der Waals surface area contributed by atoms with Crippen LogP contribution in [0.15, 0.2) is 18.2 Å². The highest BCUT2D eigenvalue weighted by atomic mass is 19.1. The van der Waals surface area contributed by atoms with Crippen molar-refractivity contribution in [3.05, 3.63) is 29.7 Å². The van der Waals surface area contributed by atoms with Crippen LogP contribution in [0.1, 0.15) is 33.4 Å². The number of nitrogens with zero attached hydrogens (tertiary/aromatic N) is 1. The van der Waals surface area contributed by atoms with Crippen molar-refractivity contribution >= 4 is 16.6 Å². The van der Waals surface area contributed by atoms with Crippen molar-refractivity contribution < 1.29 is 9.13 Å². The normalized spacial score (nSPS) is 11.7. The van der Waals surface area contributed by atoms with E-state index in [0.717, 1.165) is 16.8 Å². The quantitative estimate of drug-likeness (QED) is 0.916. The van der Waals surface area contributed by atoms with E-state index in [1.807, 2.05) is 20.0 Å². The molecule has 1 aromatic heterocycles. The van der Waals surface area contributed by atoms with E-state index in [1.165, 1.54) is 6.07 Å². The maximum Gasteiger partial charge on any atom is 0.167 e. The number of aromatic nitrogens is 1. The fourth-order valence-electron chi connectivity index (χ4n) is 2.08. The number of benzene rings is 1. The molecule has 1 heterocycles. The topological polar surface area (TPSA) is 34.1 Å². The van der Waals surface area contributed by atoms with E-state index in [4.69, 9.17) is 4.74 Å². The second-order valence-electron chi connectivity index (χ2n) is 5.79. The Morgan fingerprint density at radius 2 is 1.95 bits per heavy atom. The first kappa shape index (κ1) is 14.6. The lowest BCUT2D eigenvalue weighted by atomic mass is 9.90. The average molecular weight is 276 g/mol. The van der Waals surface area contributed by atoms with Crippen LogP contribution in [0, 0.1) is 5.82 Å². The largest absolute Gasteiger partial charge is 0.491 e. The molecule has 0 radical (unpaired) electrons. The summed E-state index contributed by atoms with van der Waals surface area (Å²) in [5.74, 6) is -0.109. The number of ether oxygens (including phenoxy) is 1. The van der Waals surface area contributed by atoms with Crippen LogP contribution in [0.2, 0.25) is 0 Å². The van der Waals surface area contributed by atoms with Crippen LogP contribution in [0.25, 0.3) is 10.9 Å². The van der Waals surface area contributed by atoms with Crippen LogP contribution in [0.5, 0.6) is 5.75 Å². The lowest BCUT2D eigenvalue weighted by Crippen LogP contribution is -2.14. The van der Waals surface area contributed by atoms with E-state index in [2.05, 4.69) is 31.1 Å². The van der Waals surface area contributed by atoms with E-state index in [0.29, 0.717) is 12.1 Å². The zero-order valence-corrected chi connectivity index (χ0v) is 12.7. The molecule has 1 aromatic carbocycles. The van der Waals surface area contributed by atoms with Crippen molar-refractivity contribution in [2.75, 3.05) is 19.0 Å². The second-order valence-corrected chi connectivity index (χ2v) is 5.79. The molecule has 2 rings (SSSR count). The van der Waals surface area contributed by atoms with E-state index >= 15 is 0 Å². The van der Waals surface area contributed by atoms with Crippen LogP contribution < -0.4 is 10.1 Å². The van der Waals surface area contributed by atoms with Crippen molar-refractivity contribution in [3.8, 4) is 5.75 Å². The number of nitrogens with one attached hydrogen (secondary N) is 1. The SMILES string of the molecule is CCOc1cc2c(NC)cc(C(C)(C)C)nc2cc1F. The summed E-state index contributed by atoms with van der Waals surface area (Å²) in [4.78, 5) is 4.58. The van der Waals surface area contributed by atoms with E-state index in [1.54, 1.807) is 6.07 Å². The highest BCUT2D eigenvalue weighted by molar-refractivity contribution is 5.92. The molecule has 4 heteroatoms. The van der Waals surface area contributed by atoms with Crippen molar-refractivity contribution in [2.45, 2.75) is 33.1 Å². The number of fused-ring (bicyclic) bond motifs is 1. The third-order valence-electron chi connectivity index (χ3n) is 3.20. The van der Waals surface area contributed by atoms with Crippen molar-refractivity contribution in [3.63, 3.8) is 0 Å². The molecule has 0 saturated heterocycles. The Kier molecular flexibility index (Phi) is 3.84. The first-order chi connectivity index (χ1) is 9.36. The Hall–Kier alpha value is -1.84. The molecule has 0 aliphatic heterocycles. The zero-order chi connectivity index (χ0) is 14.9. The van der Waals surface area contributed by atoms with E-state index < -0.39 is 0 Å². The van der Waals surface area contributed by atoms with Gasteiger partial charge in [0.15, 0.2) is 11.6 Å². The summed E-state index contributed by atoms with van der Waals surface area (Å²) in [5, 5.41) is 4.02. The highest BCUT2D eigenvalue weighted by Crippen LogP contribution is 2.32. The van der Waals surface area contributed by atoms with Gasteiger partial charge in [-0.2, -0.15) is 0 Å². The fourth-order valence-corrected chi connectivity index (χ4v) is 2.08. The van der Waals surface area contributed by atoms with Gasteiger partial charge >= 0.3 is 0 Å². The van der Waals surface area contributed by atoms with Gasteiger partial charge in [0.1, 0.15) is 0 Å². The lowest BCUT2D eigenvalue weighted by Gasteiger charge is -2.20. The monoisotopic (exact) mass is 276 g/mol. The summed E-state index contributed by atoms with van der Waals surface area (Å²) in [7, 11) is 1.85. The number of hydrogen-bond donors (Lipinski definition) is 1. The number of anilines is 1. The molecular weight excluding hydrogens is 255 g/mol. The minimum atomic E-state index is -0.375. The van der Waals surface area contributed by atoms with Gasteiger partial charge in [-0.05, 0) is 19.1 Å². The van der Waals surface area contributed by atoms with Crippen LogP contribution in [0.3, 0.4) is 0 Å². The fraction of sp³-hybridized carbons (Fsp3) is 0.438. The summed E-state index contributed by atoms with van der Waals surface area (Å²) in [6.07, 6.45) is 0. The Morgan fingerprint density at radius 1 is 1.25 bits per heavy atom. The molecule has 2 aromatic rings. The molecule has 0 amide bonds. The molecule has 0 spiro atoms. The Balaban J connectivity index is 2.71. The Morgan fingerprint density at radius 3 is 2.50 bits per heavy atom. The molecule has 0 unspecified atom stereocenters. The molecule has 0 aliphatic carbocycles. The van der Waals surface area contributed by atoms with Crippen molar-refractivity contribution in [2.24, 2.45) is 0 Å². The molecule has 108 valence electrons. The van der Waals surface area contributed by atoms with Crippen LogP contribution in [-0.4, -0.2) is 18.6 Å². The lowest BCUT2D eigenvalue weighted by molar-refractivity contribution is 0.322. The molecule has 0 atom stereocenters. The second kappa shape index (κ2) is 5.27. The van der Waals surface area contributed by atoms with Crippen molar-refractivity contribution in [1.82, 2.24) is 4.98 Å². The number of halogens is 1. The molecule has 0 saturated carbocycles. The van der Waals surface area contributed by atoms with Gasteiger partial charge in [0, 0.05) is 35.3 Å². The predicted molar refractivity (Wildman–Crippen MR) is 81.1 cm³/mol. The smallest absolute Gasteiger partial charge is 0.167 e. The average Bonchev–Trinajstić information content (AvgIpc) is 2.37. The minimum Gasteiger partial charge on any atom is -0.491 e. The van der Waals surface area contributed by atoms with Crippen LogP contribution in [-0.2, 0) is 5.41 Å².